The van der Waals surface area contributed by atoms with E-state index in [0.717, 1.165) is 14.1 Å². The van der Waals surface area contributed by atoms with Gasteiger partial charge in [0, 0.05) is 0 Å². The summed E-state index contributed by atoms with van der Waals surface area (Å²) >= 11 is 3.73. The minimum atomic E-state index is -0.138. The number of rotatable bonds is 0. The maximum atomic E-state index is 12.7. The van der Waals surface area contributed by atoms with Gasteiger partial charge in [-0.15, -0.1) is 0 Å². The van der Waals surface area contributed by atoms with Crippen molar-refractivity contribution in [3.63, 3.8) is 0 Å². The summed E-state index contributed by atoms with van der Waals surface area (Å²) in [5, 5.41) is 1.14. The molecule has 0 saturated heterocycles. The molecule has 0 bridgehead atoms. The Bertz CT molecular complexity index is 394. The van der Waals surface area contributed by atoms with Gasteiger partial charge < -0.3 is 0 Å². The van der Waals surface area contributed by atoms with Gasteiger partial charge in [-0.2, -0.15) is 0 Å². The van der Waals surface area contributed by atoms with E-state index in [1.165, 1.54) is 6.07 Å². The summed E-state index contributed by atoms with van der Waals surface area (Å²) in [4.78, 5) is 2.11. The molecule has 0 spiro atoms. The molecule has 0 unspecified atom stereocenters. The molecule has 0 amide bonds. The quantitative estimate of drug-likeness (QED) is 0.650. The van der Waals surface area contributed by atoms with Crippen LogP contribution in [0.25, 0.3) is 9.65 Å². The van der Waals surface area contributed by atoms with Gasteiger partial charge >= 0.3 is 77.9 Å². The Hall–Kier alpha value is -0.111. The second-order valence-corrected chi connectivity index (χ2v) is 4.99. The number of hydrogen-bond donors (Lipinski definition) is 0. The van der Waals surface area contributed by atoms with E-state index in [-0.39, 0.29) is 5.82 Å². The van der Waals surface area contributed by atoms with Crippen LogP contribution in [0.4, 0.5) is 4.39 Å². The van der Waals surface area contributed by atoms with Crippen LogP contribution in [0, 0.1) is 5.82 Å². The molecule has 0 aliphatic rings. The Kier molecular flexibility index (Phi) is 1.88. The predicted octanol–water partition coefficient (Wildman–Crippen LogP) is 2.80. The van der Waals surface area contributed by atoms with Crippen molar-refractivity contribution in [1.82, 2.24) is 0 Å². The van der Waals surface area contributed by atoms with Crippen molar-refractivity contribution in [2.75, 3.05) is 0 Å². The van der Waals surface area contributed by atoms with Crippen molar-refractivity contribution >= 4 is 40.1 Å². The SMILES string of the molecule is Fc1ccc2c(Br)c[se]c2c1. The van der Waals surface area contributed by atoms with Gasteiger partial charge in [-0.3, -0.25) is 0 Å². The van der Waals surface area contributed by atoms with Gasteiger partial charge in [0.2, 0.25) is 0 Å². The molecule has 0 aliphatic heterocycles. The van der Waals surface area contributed by atoms with E-state index in [1.54, 1.807) is 6.07 Å². The summed E-state index contributed by atoms with van der Waals surface area (Å²) in [6, 6.07) is 4.93. The Morgan fingerprint density at radius 1 is 1.36 bits per heavy atom. The molecule has 2 rings (SSSR count). The van der Waals surface area contributed by atoms with Gasteiger partial charge in [-0.1, -0.05) is 0 Å². The normalized spacial score (nSPS) is 10.7. The molecule has 1 aromatic heterocycles. The van der Waals surface area contributed by atoms with Crippen LogP contribution < -0.4 is 0 Å². The van der Waals surface area contributed by atoms with Crippen LogP contribution >= 0.6 is 15.9 Å². The van der Waals surface area contributed by atoms with Gasteiger partial charge in [0.1, 0.15) is 0 Å². The first-order chi connectivity index (χ1) is 5.27. The molecule has 0 aliphatic carbocycles. The summed E-state index contributed by atoms with van der Waals surface area (Å²) in [7, 11) is 0. The van der Waals surface area contributed by atoms with E-state index < -0.39 is 0 Å². The molecule has 0 N–H and O–H groups in total. The first-order valence-electron chi connectivity index (χ1n) is 3.09. The fraction of sp³-hybridized carbons (Fsp3) is 0. The van der Waals surface area contributed by atoms with E-state index in [4.69, 9.17) is 0 Å². The topological polar surface area (TPSA) is 0 Å². The van der Waals surface area contributed by atoms with Crippen LogP contribution in [-0.4, -0.2) is 14.5 Å². The molecule has 1 heterocycles. The molecule has 0 saturated carbocycles. The summed E-state index contributed by atoms with van der Waals surface area (Å²) in [6.45, 7) is 0. The molecule has 11 heavy (non-hydrogen) atoms. The molecule has 0 nitrogen and oxygen atoms in total. The zero-order valence-corrected chi connectivity index (χ0v) is 8.77. The van der Waals surface area contributed by atoms with Gasteiger partial charge in [0.15, 0.2) is 0 Å². The fourth-order valence-electron chi connectivity index (χ4n) is 0.970. The molecule has 0 fully saturated rings. The second-order valence-electron chi connectivity index (χ2n) is 2.22. The summed E-state index contributed by atoms with van der Waals surface area (Å²) < 4.78 is 14.9. The number of hydrogen-bond acceptors (Lipinski definition) is 0. The molecular formula is C8H4BrFSe. The van der Waals surface area contributed by atoms with Crippen molar-refractivity contribution in [2.24, 2.45) is 0 Å². The molecule has 2 aromatic rings. The summed E-state index contributed by atoms with van der Waals surface area (Å²) in [5.41, 5.74) is 0. The van der Waals surface area contributed by atoms with Gasteiger partial charge in [0.25, 0.3) is 0 Å². The molecule has 56 valence electrons. The van der Waals surface area contributed by atoms with Crippen molar-refractivity contribution in [3.05, 3.63) is 33.4 Å². The van der Waals surface area contributed by atoms with E-state index >= 15 is 0 Å². The van der Waals surface area contributed by atoms with Crippen molar-refractivity contribution < 1.29 is 4.39 Å². The number of fused-ring (bicyclic) bond motifs is 1. The Balaban J connectivity index is 2.86. The standard InChI is InChI=1S/C8H4BrFSe/c9-7-4-11-8-3-5(10)1-2-6(7)8/h1-4H. The number of halogens is 2. The maximum absolute atomic E-state index is 12.7. The zero-order valence-electron chi connectivity index (χ0n) is 5.47. The van der Waals surface area contributed by atoms with Crippen LogP contribution in [0.1, 0.15) is 0 Å². The van der Waals surface area contributed by atoms with Crippen LogP contribution in [0.15, 0.2) is 27.6 Å². The molecule has 3 heteroatoms. The Morgan fingerprint density at radius 3 is 3.00 bits per heavy atom. The third-order valence-corrected chi connectivity index (χ3v) is 4.81. The second kappa shape index (κ2) is 2.74. The van der Waals surface area contributed by atoms with Crippen molar-refractivity contribution in [3.8, 4) is 0 Å². The zero-order chi connectivity index (χ0) is 7.84. The predicted molar refractivity (Wildman–Crippen MR) is 48.5 cm³/mol. The van der Waals surface area contributed by atoms with E-state index in [0.29, 0.717) is 14.5 Å². The van der Waals surface area contributed by atoms with Crippen LogP contribution in [0.5, 0.6) is 0 Å². The first kappa shape index (κ1) is 7.53. The molecular weight excluding hydrogens is 274 g/mol. The van der Waals surface area contributed by atoms with Crippen molar-refractivity contribution in [2.45, 2.75) is 0 Å². The summed E-state index contributed by atoms with van der Waals surface area (Å²) in [6.07, 6.45) is 0. The van der Waals surface area contributed by atoms with E-state index in [1.807, 2.05) is 6.07 Å². The third kappa shape index (κ3) is 1.28. The van der Waals surface area contributed by atoms with Crippen molar-refractivity contribution in [1.29, 1.82) is 0 Å². The molecule has 0 atom stereocenters. The van der Waals surface area contributed by atoms with E-state index in [2.05, 4.69) is 20.9 Å². The first-order valence-corrected chi connectivity index (χ1v) is 5.73. The van der Waals surface area contributed by atoms with Crippen LogP contribution in [0.2, 0.25) is 0 Å². The Morgan fingerprint density at radius 2 is 2.18 bits per heavy atom. The minimum absolute atomic E-state index is 0.138. The van der Waals surface area contributed by atoms with Crippen LogP contribution in [-0.2, 0) is 0 Å². The third-order valence-electron chi connectivity index (χ3n) is 1.49. The van der Waals surface area contributed by atoms with Gasteiger partial charge in [-0.05, 0) is 0 Å². The average Bonchev–Trinajstić information content (AvgIpc) is 2.32. The van der Waals surface area contributed by atoms with E-state index in [9.17, 15) is 4.39 Å². The fourth-order valence-corrected chi connectivity index (χ4v) is 3.87. The summed E-state index contributed by atoms with van der Waals surface area (Å²) in [5.74, 6) is -0.138. The van der Waals surface area contributed by atoms with Crippen LogP contribution in [0.3, 0.4) is 0 Å². The Labute approximate surface area is 77.9 Å². The average molecular weight is 278 g/mol. The molecule has 1 aromatic carbocycles. The monoisotopic (exact) mass is 278 g/mol. The van der Waals surface area contributed by atoms with Gasteiger partial charge in [0.05, 0.1) is 0 Å². The number of benzene rings is 1. The molecule has 0 radical (unpaired) electrons. The van der Waals surface area contributed by atoms with Gasteiger partial charge in [-0.25, -0.2) is 0 Å².